The van der Waals surface area contributed by atoms with Gasteiger partial charge in [-0.1, -0.05) is 30.3 Å². The van der Waals surface area contributed by atoms with E-state index in [4.69, 9.17) is 4.74 Å². The largest absolute Gasteiger partial charge is 0.494 e. The molecule has 1 amide bonds. The summed E-state index contributed by atoms with van der Waals surface area (Å²) in [5.74, 6) is 0.360. The quantitative estimate of drug-likeness (QED) is 0.695. The first-order chi connectivity index (χ1) is 13.6. The number of carbonyl (C=O) groups is 1. The Hall–Kier alpha value is -3.19. The van der Waals surface area contributed by atoms with Crippen molar-refractivity contribution in [2.45, 2.75) is 0 Å². The van der Waals surface area contributed by atoms with Crippen LogP contribution in [0.2, 0.25) is 0 Å². The van der Waals surface area contributed by atoms with Crippen molar-refractivity contribution < 1.29 is 9.53 Å². The molecule has 1 fully saturated rings. The van der Waals surface area contributed by atoms with E-state index in [0.29, 0.717) is 35.3 Å². The van der Waals surface area contributed by atoms with Crippen molar-refractivity contribution in [2.24, 2.45) is 0 Å². The Morgan fingerprint density at radius 1 is 0.964 bits per heavy atom. The summed E-state index contributed by atoms with van der Waals surface area (Å²) in [6, 6.07) is 14.3. The lowest BCUT2D eigenvalue weighted by atomic mass is 10.1. The number of fused-ring (bicyclic) bond motifs is 1. The van der Waals surface area contributed by atoms with Crippen LogP contribution in [0.15, 0.2) is 53.3 Å². The van der Waals surface area contributed by atoms with Crippen molar-refractivity contribution in [3.8, 4) is 11.4 Å². The fourth-order valence-corrected chi connectivity index (χ4v) is 3.47. The Balaban J connectivity index is 1.90. The summed E-state index contributed by atoms with van der Waals surface area (Å²) in [5, 5.41) is 5.52. The number of hydrogen-bond acceptors (Lipinski definition) is 5. The third-order valence-corrected chi connectivity index (χ3v) is 5.11. The first kappa shape index (κ1) is 18.2. The fraction of sp³-hybridized carbons (Fsp3) is 0.286. The van der Waals surface area contributed by atoms with Gasteiger partial charge in [0.05, 0.1) is 12.5 Å². The summed E-state index contributed by atoms with van der Waals surface area (Å²) in [4.78, 5) is 30.4. The van der Waals surface area contributed by atoms with E-state index in [1.807, 2.05) is 25.2 Å². The van der Waals surface area contributed by atoms with Gasteiger partial charge in [-0.05, 0) is 25.2 Å². The molecule has 1 saturated heterocycles. The van der Waals surface area contributed by atoms with Crippen molar-refractivity contribution in [1.29, 1.82) is 0 Å². The molecule has 0 saturated carbocycles. The van der Waals surface area contributed by atoms with Crippen LogP contribution in [0.25, 0.3) is 16.5 Å². The highest BCUT2D eigenvalue weighted by Gasteiger charge is 2.25. The molecule has 1 aromatic heterocycles. The second kappa shape index (κ2) is 7.44. The first-order valence-electron chi connectivity index (χ1n) is 9.23. The van der Waals surface area contributed by atoms with E-state index < -0.39 is 0 Å². The van der Waals surface area contributed by atoms with Crippen LogP contribution in [-0.4, -0.2) is 65.8 Å². The number of aromatic nitrogens is 2. The maximum Gasteiger partial charge on any atom is 0.279 e. The number of nitrogens with zero attached hydrogens (tertiary/aromatic N) is 4. The maximum absolute atomic E-state index is 13.3. The predicted molar refractivity (Wildman–Crippen MR) is 107 cm³/mol. The predicted octanol–water partition coefficient (Wildman–Crippen LogP) is 1.78. The van der Waals surface area contributed by atoms with Crippen molar-refractivity contribution >= 4 is 16.7 Å². The summed E-state index contributed by atoms with van der Waals surface area (Å²) in [6.07, 6.45) is 0. The summed E-state index contributed by atoms with van der Waals surface area (Å²) in [6.45, 7) is 2.91. The van der Waals surface area contributed by atoms with Crippen molar-refractivity contribution in [3.63, 3.8) is 0 Å². The third-order valence-electron chi connectivity index (χ3n) is 5.11. The molecule has 0 spiro atoms. The lowest BCUT2D eigenvalue weighted by molar-refractivity contribution is 0.0658. The summed E-state index contributed by atoms with van der Waals surface area (Å²) >= 11 is 0. The zero-order valence-electron chi connectivity index (χ0n) is 16.0. The van der Waals surface area contributed by atoms with E-state index in [1.165, 1.54) is 4.68 Å². The van der Waals surface area contributed by atoms with E-state index in [2.05, 4.69) is 10.00 Å². The number of benzene rings is 2. The van der Waals surface area contributed by atoms with Gasteiger partial charge in [-0.2, -0.15) is 9.78 Å². The Labute approximate surface area is 162 Å². The number of likely N-dealkylation sites (N-methyl/N-ethyl adjacent to an activating group) is 1. The van der Waals surface area contributed by atoms with Crippen LogP contribution < -0.4 is 10.3 Å². The van der Waals surface area contributed by atoms with Gasteiger partial charge in [0.25, 0.3) is 11.5 Å². The molecule has 1 aliphatic heterocycles. The van der Waals surface area contributed by atoms with Gasteiger partial charge in [-0.15, -0.1) is 0 Å². The van der Waals surface area contributed by atoms with Crippen LogP contribution in [0, 0.1) is 0 Å². The van der Waals surface area contributed by atoms with Crippen LogP contribution in [0.4, 0.5) is 0 Å². The molecule has 7 heteroatoms. The fourth-order valence-electron chi connectivity index (χ4n) is 3.47. The number of para-hydroxylation sites is 2. The highest BCUT2D eigenvalue weighted by Crippen LogP contribution is 2.22. The van der Waals surface area contributed by atoms with E-state index in [-0.39, 0.29) is 17.2 Å². The molecule has 2 heterocycles. The molecule has 28 heavy (non-hydrogen) atoms. The maximum atomic E-state index is 13.3. The summed E-state index contributed by atoms with van der Waals surface area (Å²) in [7, 11) is 3.58. The second-order valence-corrected chi connectivity index (χ2v) is 6.88. The van der Waals surface area contributed by atoms with E-state index in [0.717, 1.165) is 13.1 Å². The molecule has 0 N–H and O–H groups in total. The molecule has 0 unspecified atom stereocenters. The average Bonchev–Trinajstić information content (AvgIpc) is 2.74. The Kier molecular flexibility index (Phi) is 4.83. The topological polar surface area (TPSA) is 67.7 Å². The van der Waals surface area contributed by atoms with E-state index in [9.17, 15) is 9.59 Å². The molecule has 144 valence electrons. The van der Waals surface area contributed by atoms with Crippen LogP contribution in [0.3, 0.4) is 0 Å². The zero-order valence-corrected chi connectivity index (χ0v) is 16.0. The Bertz CT molecular complexity index is 1080. The highest BCUT2D eigenvalue weighted by molar-refractivity contribution is 6.04. The molecule has 1 aliphatic rings. The SMILES string of the molecule is COc1ccccc1-n1nc(C(=O)N2CCN(C)CC2)c2ccccc2c1=O. The van der Waals surface area contributed by atoms with Crippen LogP contribution >= 0.6 is 0 Å². The summed E-state index contributed by atoms with van der Waals surface area (Å²) in [5.41, 5.74) is 0.508. The van der Waals surface area contributed by atoms with Gasteiger partial charge in [-0.3, -0.25) is 9.59 Å². The Morgan fingerprint density at radius 2 is 1.61 bits per heavy atom. The molecule has 0 radical (unpaired) electrons. The molecule has 0 atom stereocenters. The first-order valence-corrected chi connectivity index (χ1v) is 9.23. The van der Waals surface area contributed by atoms with Gasteiger partial charge in [0.1, 0.15) is 11.4 Å². The second-order valence-electron chi connectivity index (χ2n) is 6.88. The molecular weight excluding hydrogens is 356 g/mol. The number of hydrogen-bond donors (Lipinski definition) is 0. The molecule has 2 aromatic carbocycles. The van der Waals surface area contributed by atoms with E-state index >= 15 is 0 Å². The number of amides is 1. The minimum atomic E-state index is -0.282. The van der Waals surface area contributed by atoms with Crippen LogP contribution in [-0.2, 0) is 0 Å². The number of piperazine rings is 1. The zero-order chi connectivity index (χ0) is 19.7. The van der Waals surface area contributed by atoms with Gasteiger partial charge in [0.2, 0.25) is 0 Å². The van der Waals surface area contributed by atoms with Gasteiger partial charge in [0.15, 0.2) is 5.69 Å². The number of ether oxygens (including phenoxy) is 1. The van der Waals surface area contributed by atoms with Gasteiger partial charge >= 0.3 is 0 Å². The highest BCUT2D eigenvalue weighted by atomic mass is 16.5. The van der Waals surface area contributed by atoms with Gasteiger partial charge < -0.3 is 14.5 Å². The van der Waals surface area contributed by atoms with E-state index in [1.54, 1.807) is 42.3 Å². The van der Waals surface area contributed by atoms with Crippen LogP contribution in [0.5, 0.6) is 5.75 Å². The Morgan fingerprint density at radius 3 is 2.32 bits per heavy atom. The monoisotopic (exact) mass is 378 g/mol. The lowest BCUT2D eigenvalue weighted by Gasteiger charge is -2.32. The molecule has 7 nitrogen and oxygen atoms in total. The molecule has 3 aromatic rings. The lowest BCUT2D eigenvalue weighted by Crippen LogP contribution is -2.47. The normalized spacial score (nSPS) is 15.0. The standard InChI is InChI=1S/C21H22N4O3/c1-23-11-13-24(14-12-23)21(27)19-15-7-3-4-8-16(15)20(26)25(22-19)17-9-5-6-10-18(17)28-2/h3-10H,11-14H2,1-2H3. The third kappa shape index (κ3) is 3.14. The minimum absolute atomic E-state index is 0.159. The van der Waals surface area contributed by atoms with Crippen molar-refractivity contribution in [3.05, 3.63) is 64.6 Å². The van der Waals surface area contributed by atoms with Crippen molar-refractivity contribution in [1.82, 2.24) is 19.6 Å². The number of rotatable bonds is 3. The van der Waals surface area contributed by atoms with Gasteiger partial charge in [-0.25, -0.2) is 0 Å². The minimum Gasteiger partial charge on any atom is -0.494 e. The number of carbonyl (C=O) groups excluding carboxylic acids is 1. The number of methoxy groups -OCH3 is 1. The molecular formula is C21H22N4O3. The van der Waals surface area contributed by atoms with Crippen LogP contribution in [0.1, 0.15) is 10.5 Å². The van der Waals surface area contributed by atoms with Crippen molar-refractivity contribution in [2.75, 3.05) is 40.3 Å². The van der Waals surface area contributed by atoms with Gasteiger partial charge in [0, 0.05) is 31.6 Å². The molecule has 4 rings (SSSR count). The summed E-state index contributed by atoms with van der Waals surface area (Å²) < 4.78 is 6.66. The molecule has 0 aliphatic carbocycles. The smallest absolute Gasteiger partial charge is 0.279 e. The molecule has 0 bridgehead atoms. The average molecular weight is 378 g/mol.